The number of hydrogen-bond acceptors (Lipinski definition) is 4. The second-order valence-corrected chi connectivity index (χ2v) is 3.43. The first-order valence-corrected chi connectivity index (χ1v) is 5.02. The fourth-order valence-electron chi connectivity index (χ4n) is 1.39. The molecule has 5 nitrogen and oxygen atoms in total. The Kier molecular flexibility index (Phi) is 3.00. The number of ether oxygens (including phenoxy) is 1. The molecule has 0 saturated carbocycles. The van der Waals surface area contributed by atoms with Gasteiger partial charge in [0.1, 0.15) is 11.4 Å². The van der Waals surface area contributed by atoms with E-state index in [0.29, 0.717) is 17.3 Å². The zero-order valence-corrected chi connectivity index (χ0v) is 9.16. The van der Waals surface area contributed by atoms with Crippen molar-refractivity contribution in [1.82, 2.24) is 4.98 Å². The maximum atomic E-state index is 10.6. The molecule has 0 spiro atoms. The molecule has 1 aromatic carbocycles. The second-order valence-electron chi connectivity index (χ2n) is 3.43. The Labute approximate surface area is 97.8 Å². The first kappa shape index (κ1) is 11.1. The molecule has 0 unspecified atom stereocenters. The molecule has 1 heterocycles. The summed E-state index contributed by atoms with van der Waals surface area (Å²) in [7, 11) is 0. The number of benzene rings is 1. The second kappa shape index (κ2) is 4.61. The van der Waals surface area contributed by atoms with Crippen LogP contribution in [0.5, 0.6) is 11.6 Å². The minimum Gasteiger partial charge on any atom is -0.439 e. The summed E-state index contributed by atoms with van der Waals surface area (Å²) in [5.74, 6) is 0.993. The normalized spacial score (nSPS) is 9.94. The average molecular weight is 230 g/mol. The molecule has 0 atom stereocenters. The van der Waals surface area contributed by atoms with E-state index < -0.39 is 4.92 Å². The van der Waals surface area contributed by atoms with Gasteiger partial charge in [-0.2, -0.15) is 0 Å². The third-order valence-corrected chi connectivity index (χ3v) is 2.19. The molecule has 5 heteroatoms. The van der Waals surface area contributed by atoms with Gasteiger partial charge in [0.05, 0.1) is 4.92 Å². The molecule has 0 aliphatic heterocycles. The summed E-state index contributed by atoms with van der Waals surface area (Å²) in [4.78, 5) is 14.2. The number of nitrogens with zero attached hydrogens (tertiary/aromatic N) is 2. The highest BCUT2D eigenvalue weighted by Gasteiger charge is 2.12. The predicted octanol–water partition coefficient (Wildman–Crippen LogP) is 3.09. The molecule has 86 valence electrons. The van der Waals surface area contributed by atoms with Crippen LogP contribution in [0.25, 0.3) is 0 Å². The highest BCUT2D eigenvalue weighted by Crippen LogP contribution is 2.23. The zero-order valence-electron chi connectivity index (χ0n) is 9.16. The molecular weight excluding hydrogens is 220 g/mol. The SMILES string of the molecule is Cc1nc(Oc2ccccc2)ccc1[N+](=O)[O-]. The van der Waals surface area contributed by atoms with Gasteiger partial charge in [0.2, 0.25) is 5.88 Å². The Morgan fingerprint density at radius 1 is 1.18 bits per heavy atom. The number of aryl methyl sites for hydroxylation is 1. The van der Waals surface area contributed by atoms with Crippen LogP contribution in [0, 0.1) is 17.0 Å². The van der Waals surface area contributed by atoms with Crippen molar-refractivity contribution in [2.45, 2.75) is 6.92 Å². The topological polar surface area (TPSA) is 65.3 Å². The molecule has 0 bridgehead atoms. The van der Waals surface area contributed by atoms with Crippen molar-refractivity contribution < 1.29 is 9.66 Å². The molecule has 0 aliphatic carbocycles. The van der Waals surface area contributed by atoms with E-state index in [0.717, 1.165) is 0 Å². The van der Waals surface area contributed by atoms with Crippen LogP contribution in [0.1, 0.15) is 5.69 Å². The summed E-state index contributed by atoms with van der Waals surface area (Å²) in [6, 6.07) is 12.0. The van der Waals surface area contributed by atoms with Gasteiger partial charge in [-0.3, -0.25) is 10.1 Å². The number of pyridine rings is 1. The van der Waals surface area contributed by atoms with E-state index in [2.05, 4.69) is 4.98 Å². The number of rotatable bonds is 3. The quantitative estimate of drug-likeness (QED) is 0.600. The number of aromatic nitrogens is 1. The molecule has 0 aliphatic rings. The molecule has 0 fully saturated rings. The van der Waals surface area contributed by atoms with Gasteiger partial charge in [-0.1, -0.05) is 18.2 Å². The highest BCUT2D eigenvalue weighted by atomic mass is 16.6. The minimum atomic E-state index is -0.464. The van der Waals surface area contributed by atoms with Gasteiger partial charge in [0, 0.05) is 12.1 Å². The summed E-state index contributed by atoms with van der Waals surface area (Å²) in [5, 5.41) is 10.6. The highest BCUT2D eigenvalue weighted by molar-refractivity contribution is 5.38. The first-order valence-electron chi connectivity index (χ1n) is 5.02. The van der Waals surface area contributed by atoms with Crippen molar-refractivity contribution in [1.29, 1.82) is 0 Å². The lowest BCUT2D eigenvalue weighted by Crippen LogP contribution is -1.96. The monoisotopic (exact) mass is 230 g/mol. The van der Waals surface area contributed by atoms with Gasteiger partial charge in [0.25, 0.3) is 5.69 Å². The first-order chi connectivity index (χ1) is 8.16. The van der Waals surface area contributed by atoms with Crippen LogP contribution in [0.3, 0.4) is 0 Å². The number of para-hydroxylation sites is 1. The van der Waals surface area contributed by atoms with Crippen LogP contribution in [0.15, 0.2) is 42.5 Å². The summed E-state index contributed by atoms with van der Waals surface area (Å²) < 4.78 is 5.46. The van der Waals surface area contributed by atoms with Crippen LogP contribution >= 0.6 is 0 Å². The molecule has 2 rings (SSSR count). The molecule has 1 aromatic heterocycles. The molecule has 2 aromatic rings. The van der Waals surface area contributed by atoms with Gasteiger partial charge >= 0.3 is 0 Å². The van der Waals surface area contributed by atoms with E-state index in [4.69, 9.17) is 4.74 Å². The van der Waals surface area contributed by atoms with Crippen molar-refractivity contribution in [3.8, 4) is 11.6 Å². The van der Waals surface area contributed by atoms with E-state index >= 15 is 0 Å². The van der Waals surface area contributed by atoms with Crippen molar-refractivity contribution in [3.63, 3.8) is 0 Å². The third-order valence-electron chi connectivity index (χ3n) is 2.19. The Hall–Kier alpha value is -2.43. The molecule has 17 heavy (non-hydrogen) atoms. The lowest BCUT2D eigenvalue weighted by Gasteiger charge is -2.04. The van der Waals surface area contributed by atoms with Crippen molar-refractivity contribution >= 4 is 5.69 Å². The molecule has 0 saturated heterocycles. The largest absolute Gasteiger partial charge is 0.439 e. The fraction of sp³-hybridized carbons (Fsp3) is 0.0833. The maximum absolute atomic E-state index is 10.6. The van der Waals surface area contributed by atoms with Gasteiger partial charge in [-0.25, -0.2) is 4.98 Å². The van der Waals surface area contributed by atoms with E-state index in [-0.39, 0.29) is 5.69 Å². The Balaban J connectivity index is 2.24. The van der Waals surface area contributed by atoms with Crippen molar-refractivity contribution in [3.05, 3.63) is 58.3 Å². The number of hydrogen-bond donors (Lipinski definition) is 0. The van der Waals surface area contributed by atoms with Crippen LogP contribution in [0.2, 0.25) is 0 Å². The minimum absolute atomic E-state index is 0.00888. The summed E-state index contributed by atoms with van der Waals surface area (Å²) in [5.41, 5.74) is 0.328. The van der Waals surface area contributed by atoms with Crippen LogP contribution < -0.4 is 4.74 Å². The lowest BCUT2D eigenvalue weighted by molar-refractivity contribution is -0.385. The van der Waals surface area contributed by atoms with E-state index in [1.807, 2.05) is 18.2 Å². The van der Waals surface area contributed by atoms with Crippen LogP contribution in [-0.2, 0) is 0 Å². The Morgan fingerprint density at radius 3 is 2.47 bits per heavy atom. The van der Waals surface area contributed by atoms with Gasteiger partial charge in [-0.15, -0.1) is 0 Å². The average Bonchev–Trinajstić information content (AvgIpc) is 2.30. The fourth-order valence-corrected chi connectivity index (χ4v) is 1.39. The van der Waals surface area contributed by atoms with Crippen molar-refractivity contribution in [2.24, 2.45) is 0 Å². The van der Waals surface area contributed by atoms with Crippen molar-refractivity contribution in [2.75, 3.05) is 0 Å². The summed E-state index contributed by atoms with van der Waals surface area (Å²) in [6.45, 7) is 1.58. The maximum Gasteiger partial charge on any atom is 0.290 e. The van der Waals surface area contributed by atoms with Gasteiger partial charge < -0.3 is 4.74 Å². The van der Waals surface area contributed by atoms with E-state index in [1.54, 1.807) is 19.1 Å². The third kappa shape index (κ3) is 2.57. The lowest BCUT2D eigenvalue weighted by atomic mass is 10.3. The molecule has 0 N–H and O–H groups in total. The Bertz CT molecular complexity index is 541. The summed E-state index contributed by atoms with van der Waals surface area (Å²) in [6.07, 6.45) is 0. The predicted molar refractivity (Wildman–Crippen MR) is 62.1 cm³/mol. The van der Waals surface area contributed by atoms with Crippen LogP contribution in [-0.4, -0.2) is 9.91 Å². The van der Waals surface area contributed by atoms with Gasteiger partial charge in [0.15, 0.2) is 0 Å². The van der Waals surface area contributed by atoms with E-state index in [1.165, 1.54) is 12.1 Å². The standard InChI is InChI=1S/C12H10N2O3/c1-9-11(14(15)16)7-8-12(13-9)17-10-5-3-2-4-6-10/h2-8H,1H3. The van der Waals surface area contributed by atoms with Crippen LogP contribution in [0.4, 0.5) is 5.69 Å². The molecule has 0 amide bonds. The smallest absolute Gasteiger partial charge is 0.290 e. The Morgan fingerprint density at radius 2 is 1.88 bits per heavy atom. The van der Waals surface area contributed by atoms with E-state index in [9.17, 15) is 10.1 Å². The molecule has 0 radical (unpaired) electrons. The molecular formula is C12H10N2O3. The number of nitro groups is 1. The zero-order chi connectivity index (χ0) is 12.3. The van der Waals surface area contributed by atoms with Gasteiger partial charge in [-0.05, 0) is 19.1 Å². The summed E-state index contributed by atoms with van der Waals surface area (Å²) >= 11 is 0.